The van der Waals surface area contributed by atoms with Gasteiger partial charge in [0.2, 0.25) is 0 Å². The highest BCUT2D eigenvalue weighted by molar-refractivity contribution is 5.98. The van der Waals surface area contributed by atoms with E-state index >= 15 is 0 Å². The quantitative estimate of drug-likeness (QED) is 0.175. The van der Waals surface area contributed by atoms with E-state index in [1.54, 1.807) is 0 Å². The van der Waals surface area contributed by atoms with Crippen molar-refractivity contribution in [2.24, 2.45) is 0 Å². The summed E-state index contributed by atoms with van der Waals surface area (Å²) in [7, 11) is 0. The van der Waals surface area contributed by atoms with Crippen LogP contribution in [0.15, 0.2) is 169 Å². The summed E-state index contributed by atoms with van der Waals surface area (Å²) < 4.78 is 0. The first-order chi connectivity index (χ1) is 25.8. The van der Waals surface area contributed by atoms with Crippen LogP contribution in [0.5, 0.6) is 0 Å². The smallest absolute Gasteiger partial charge is 0.0474 e. The molecular formula is C52H43N. The Balaban J connectivity index is 1.19. The predicted molar refractivity (Wildman–Crippen MR) is 225 cm³/mol. The van der Waals surface area contributed by atoms with Gasteiger partial charge in [0.1, 0.15) is 0 Å². The number of hydrogen-bond acceptors (Lipinski definition) is 1. The third kappa shape index (κ3) is 4.91. The molecule has 0 saturated carbocycles. The zero-order chi connectivity index (χ0) is 35.9. The molecule has 0 radical (unpaired) electrons. The second-order valence-electron chi connectivity index (χ2n) is 16.1. The summed E-state index contributed by atoms with van der Waals surface area (Å²) in [6, 6.07) is 56.6. The Hall–Kier alpha value is -5.92. The summed E-state index contributed by atoms with van der Waals surface area (Å²) in [5.74, 6) is 0. The fourth-order valence-corrected chi connectivity index (χ4v) is 9.59. The van der Waals surface area contributed by atoms with Crippen LogP contribution in [0.1, 0.15) is 62.8 Å². The predicted octanol–water partition coefficient (Wildman–Crippen LogP) is 14.3. The van der Waals surface area contributed by atoms with Crippen LogP contribution in [0.4, 0.5) is 17.1 Å². The van der Waals surface area contributed by atoms with E-state index < -0.39 is 0 Å². The highest BCUT2D eigenvalue weighted by Gasteiger charge is 2.42. The van der Waals surface area contributed by atoms with Gasteiger partial charge in [-0.1, -0.05) is 149 Å². The number of nitrogens with zero attached hydrogens (tertiary/aromatic N) is 1. The molecule has 53 heavy (non-hydrogen) atoms. The average molecular weight is 682 g/mol. The van der Waals surface area contributed by atoms with E-state index in [2.05, 4.69) is 196 Å². The highest BCUT2D eigenvalue weighted by Crippen LogP contribution is 2.57. The maximum atomic E-state index is 2.49. The van der Waals surface area contributed by atoms with Crippen molar-refractivity contribution in [2.45, 2.75) is 51.4 Å². The topological polar surface area (TPSA) is 3.24 Å². The molecule has 1 nitrogen and oxygen atoms in total. The van der Waals surface area contributed by atoms with Gasteiger partial charge in [0, 0.05) is 27.9 Å². The maximum Gasteiger partial charge on any atom is 0.0474 e. The van der Waals surface area contributed by atoms with Crippen molar-refractivity contribution >= 4 is 33.4 Å². The zero-order valence-electron chi connectivity index (χ0n) is 30.9. The molecule has 1 heteroatoms. The van der Waals surface area contributed by atoms with Gasteiger partial charge in [0.25, 0.3) is 0 Å². The van der Waals surface area contributed by atoms with E-state index in [1.807, 2.05) is 0 Å². The maximum absolute atomic E-state index is 2.49. The molecule has 3 aliphatic rings. The van der Waals surface area contributed by atoms with Crippen LogP contribution in [-0.4, -0.2) is 0 Å². The Labute approximate surface area is 313 Å². The third-order valence-electron chi connectivity index (χ3n) is 12.2. The van der Waals surface area contributed by atoms with Gasteiger partial charge < -0.3 is 4.90 Å². The third-order valence-corrected chi connectivity index (χ3v) is 12.2. The molecule has 0 bridgehead atoms. The second-order valence-corrected chi connectivity index (χ2v) is 16.1. The first kappa shape index (κ1) is 31.8. The molecule has 0 N–H and O–H groups in total. The molecule has 0 unspecified atom stereocenters. The first-order valence-corrected chi connectivity index (χ1v) is 19.1. The lowest BCUT2D eigenvalue weighted by atomic mass is 9.77. The number of benzene rings is 7. The molecule has 0 fully saturated rings. The SMILES string of the molecule is CC1(C)C2=CCCC=C2c2cc(N(c3ccc(-c4ccc5ccccc5c4)cc3)c3ccc4c(c3)C(C)(C)c3ccccc3-4)cc(-c3ccccc3)c21. The minimum Gasteiger partial charge on any atom is -0.310 e. The Morgan fingerprint density at radius 3 is 1.91 bits per heavy atom. The number of anilines is 3. The summed E-state index contributed by atoms with van der Waals surface area (Å²) in [6.07, 6.45) is 7.17. The molecule has 7 aromatic carbocycles. The summed E-state index contributed by atoms with van der Waals surface area (Å²) in [5.41, 5.74) is 19.5. The number of allylic oxidation sites excluding steroid dienone is 4. The first-order valence-electron chi connectivity index (χ1n) is 19.1. The molecule has 0 aliphatic heterocycles. The fourth-order valence-electron chi connectivity index (χ4n) is 9.59. The Bertz CT molecular complexity index is 2650. The fraction of sp³-hybridized carbons (Fsp3) is 0.154. The van der Waals surface area contributed by atoms with E-state index in [4.69, 9.17) is 0 Å². The van der Waals surface area contributed by atoms with E-state index in [-0.39, 0.29) is 10.8 Å². The molecule has 0 spiro atoms. The number of rotatable bonds is 5. The van der Waals surface area contributed by atoms with Crippen molar-refractivity contribution in [3.05, 3.63) is 192 Å². The highest BCUT2D eigenvalue weighted by atomic mass is 15.1. The Kier molecular flexibility index (Phi) is 7.08. The van der Waals surface area contributed by atoms with Crippen molar-refractivity contribution in [3.63, 3.8) is 0 Å². The van der Waals surface area contributed by atoms with Crippen LogP contribution < -0.4 is 4.90 Å². The number of fused-ring (bicyclic) bond motifs is 7. The standard InChI is InChI=1S/C52H43N/c1-51(2)47-20-12-10-18-42(47)44-29-28-40(33-49(44)51)53(39-26-24-35(25-27-39)38-23-22-34-14-8-9-17-37(34)30-38)41-31-45(36-15-6-5-7-16-36)50-46(32-41)43-19-11-13-21-48(43)52(50,3)4/h5-10,12,14-33H,11,13H2,1-4H3. The van der Waals surface area contributed by atoms with E-state index in [1.165, 1.54) is 88.9 Å². The van der Waals surface area contributed by atoms with Crippen molar-refractivity contribution < 1.29 is 0 Å². The molecule has 0 aromatic heterocycles. The van der Waals surface area contributed by atoms with Crippen LogP contribution in [-0.2, 0) is 10.8 Å². The summed E-state index contributed by atoms with van der Waals surface area (Å²) >= 11 is 0. The van der Waals surface area contributed by atoms with Gasteiger partial charge in [0.05, 0.1) is 0 Å². The van der Waals surface area contributed by atoms with Crippen molar-refractivity contribution in [1.29, 1.82) is 0 Å². The van der Waals surface area contributed by atoms with Crippen LogP contribution in [0.25, 0.3) is 49.7 Å². The normalized spacial score (nSPS) is 15.9. The molecule has 0 heterocycles. The number of hydrogen-bond donors (Lipinski definition) is 0. The van der Waals surface area contributed by atoms with E-state index in [0.29, 0.717) is 0 Å². The molecule has 0 amide bonds. The lowest BCUT2D eigenvalue weighted by molar-refractivity contribution is 0.656. The van der Waals surface area contributed by atoms with Gasteiger partial charge in [-0.15, -0.1) is 0 Å². The largest absolute Gasteiger partial charge is 0.310 e. The van der Waals surface area contributed by atoms with Gasteiger partial charge in [-0.05, 0) is 133 Å². The molecule has 7 aromatic rings. The van der Waals surface area contributed by atoms with Gasteiger partial charge in [-0.25, -0.2) is 0 Å². The van der Waals surface area contributed by atoms with E-state index in [9.17, 15) is 0 Å². The van der Waals surface area contributed by atoms with Crippen molar-refractivity contribution in [3.8, 4) is 33.4 Å². The lowest BCUT2D eigenvalue weighted by Gasteiger charge is -2.30. The van der Waals surface area contributed by atoms with Gasteiger partial charge in [0.15, 0.2) is 0 Å². The lowest BCUT2D eigenvalue weighted by Crippen LogP contribution is -2.18. The molecule has 0 atom stereocenters. The second kappa shape index (κ2) is 11.8. The molecular weight excluding hydrogens is 639 g/mol. The van der Waals surface area contributed by atoms with Crippen molar-refractivity contribution in [2.75, 3.05) is 4.90 Å². The molecule has 256 valence electrons. The minimum atomic E-state index is -0.0999. The summed E-state index contributed by atoms with van der Waals surface area (Å²) in [4.78, 5) is 2.49. The van der Waals surface area contributed by atoms with Gasteiger partial charge >= 0.3 is 0 Å². The monoisotopic (exact) mass is 681 g/mol. The minimum absolute atomic E-state index is 0.0823. The molecule has 0 saturated heterocycles. The van der Waals surface area contributed by atoms with Crippen LogP contribution in [0, 0.1) is 0 Å². The molecule has 3 aliphatic carbocycles. The summed E-state index contributed by atoms with van der Waals surface area (Å²) in [5, 5.41) is 2.53. The van der Waals surface area contributed by atoms with Crippen molar-refractivity contribution in [1.82, 2.24) is 0 Å². The summed E-state index contributed by atoms with van der Waals surface area (Å²) in [6.45, 7) is 9.58. The Morgan fingerprint density at radius 1 is 0.415 bits per heavy atom. The van der Waals surface area contributed by atoms with Crippen LogP contribution >= 0.6 is 0 Å². The average Bonchev–Trinajstić information content (AvgIpc) is 3.57. The van der Waals surface area contributed by atoms with E-state index in [0.717, 1.165) is 18.5 Å². The van der Waals surface area contributed by atoms with Gasteiger partial charge in [-0.2, -0.15) is 0 Å². The van der Waals surface area contributed by atoms with Crippen LogP contribution in [0.3, 0.4) is 0 Å². The molecule has 10 rings (SSSR count). The van der Waals surface area contributed by atoms with Gasteiger partial charge in [-0.3, -0.25) is 0 Å². The Morgan fingerprint density at radius 2 is 1.08 bits per heavy atom. The zero-order valence-corrected chi connectivity index (χ0v) is 30.9. The van der Waals surface area contributed by atoms with Crippen LogP contribution in [0.2, 0.25) is 0 Å².